The van der Waals surface area contributed by atoms with Crippen molar-refractivity contribution in [3.63, 3.8) is 0 Å². The van der Waals surface area contributed by atoms with E-state index < -0.39 is 9.84 Å². The second-order valence-electron chi connectivity index (χ2n) is 7.22. The van der Waals surface area contributed by atoms with Crippen LogP contribution in [0.15, 0.2) is 4.99 Å². The predicted molar refractivity (Wildman–Crippen MR) is 106 cm³/mol. The zero-order valence-electron chi connectivity index (χ0n) is 16.7. The van der Waals surface area contributed by atoms with Crippen LogP contribution in [0.25, 0.3) is 0 Å². The fourth-order valence-corrected chi connectivity index (χ4v) is 3.72. The summed E-state index contributed by atoms with van der Waals surface area (Å²) in [5.74, 6) is 0.914. The molecule has 2 aliphatic heterocycles. The van der Waals surface area contributed by atoms with Gasteiger partial charge in [0.2, 0.25) is 0 Å². The number of piperidine rings is 1. The maximum absolute atomic E-state index is 11.0. The molecule has 27 heavy (non-hydrogen) atoms. The Bertz CT molecular complexity index is 541. The van der Waals surface area contributed by atoms with E-state index in [4.69, 9.17) is 14.2 Å². The number of sulfone groups is 1. The van der Waals surface area contributed by atoms with Crippen molar-refractivity contribution in [3.05, 3.63) is 0 Å². The molecule has 1 unspecified atom stereocenters. The molecular weight excluding hydrogens is 370 g/mol. The van der Waals surface area contributed by atoms with E-state index in [1.807, 2.05) is 0 Å². The van der Waals surface area contributed by atoms with Crippen LogP contribution < -0.4 is 5.32 Å². The largest absolute Gasteiger partial charge is 0.379 e. The minimum atomic E-state index is -2.96. The van der Waals surface area contributed by atoms with Gasteiger partial charge in [0.05, 0.1) is 37.8 Å². The lowest BCUT2D eigenvalue weighted by Crippen LogP contribution is -2.48. The van der Waals surface area contributed by atoms with Crippen LogP contribution >= 0.6 is 0 Å². The summed E-state index contributed by atoms with van der Waals surface area (Å²) in [6.07, 6.45) is 7.28. The Morgan fingerprint density at radius 2 is 2.00 bits per heavy atom. The first-order valence-corrected chi connectivity index (χ1v) is 12.0. The third-order valence-electron chi connectivity index (χ3n) is 4.87. The molecule has 0 aromatic carbocycles. The average Bonchev–Trinajstić information content (AvgIpc) is 2.66. The third-order valence-corrected chi connectivity index (χ3v) is 5.78. The van der Waals surface area contributed by atoms with Gasteiger partial charge in [-0.25, -0.2) is 8.42 Å². The van der Waals surface area contributed by atoms with Gasteiger partial charge in [-0.3, -0.25) is 4.99 Å². The first-order chi connectivity index (χ1) is 13.0. The Balaban J connectivity index is 1.57. The highest BCUT2D eigenvalue weighted by Gasteiger charge is 2.23. The molecule has 0 aliphatic carbocycles. The molecule has 1 atom stereocenters. The summed E-state index contributed by atoms with van der Waals surface area (Å²) in [5.41, 5.74) is 0. The van der Waals surface area contributed by atoms with Gasteiger partial charge in [0.25, 0.3) is 0 Å². The number of ether oxygens (including phenoxy) is 3. The third kappa shape index (κ3) is 9.23. The zero-order chi connectivity index (χ0) is 19.5. The van der Waals surface area contributed by atoms with Crippen LogP contribution in [0, 0.1) is 0 Å². The summed E-state index contributed by atoms with van der Waals surface area (Å²) in [7, 11) is -1.19. The van der Waals surface area contributed by atoms with Crippen molar-refractivity contribution in [2.45, 2.75) is 44.3 Å². The van der Waals surface area contributed by atoms with Crippen molar-refractivity contribution in [2.24, 2.45) is 4.99 Å². The van der Waals surface area contributed by atoms with E-state index in [1.165, 1.54) is 19.1 Å². The van der Waals surface area contributed by atoms with Crippen molar-refractivity contribution in [1.82, 2.24) is 10.2 Å². The van der Waals surface area contributed by atoms with Crippen LogP contribution in [0.4, 0.5) is 0 Å². The quantitative estimate of drug-likeness (QED) is 0.343. The van der Waals surface area contributed by atoms with Gasteiger partial charge in [0.15, 0.2) is 5.96 Å². The lowest BCUT2D eigenvalue weighted by Gasteiger charge is -2.35. The highest BCUT2D eigenvalue weighted by molar-refractivity contribution is 7.90. The smallest absolute Gasteiger partial charge is 0.193 e. The number of rotatable bonds is 9. The van der Waals surface area contributed by atoms with E-state index in [1.54, 1.807) is 7.05 Å². The summed E-state index contributed by atoms with van der Waals surface area (Å²) in [5, 5.41) is 3.28. The van der Waals surface area contributed by atoms with Gasteiger partial charge in [0, 0.05) is 39.5 Å². The molecule has 0 spiro atoms. The van der Waals surface area contributed by atoms with Crippen molar-refractivity contribution in [1.29, 1.82) is 0 Å². The fraction of sp³-hybridized carbons (Fsp3) is 0.944. The zero-order valence-corrected chi connectivity index (χ0v) is 17.5. The first kappa shape index (κ1) is 22.4. The molecule has 0 aromatic heterocycles. The maximum Gasteiger partial charge on any atom is 0.193 e. The maximum atomic E-state index is 11.0. The predicted octanol–water partition coefficient (Wildman–Crippen LogP) is 0.673. The van der Waals surface area contributed by atoms with Crippen LogP contribution in [0.5, 0.6) is 0 Å². The molecule has 2 aliphatic rings. The van der Waals surface area contributed by atoms with Gasteiger partial charge in [0.1, 0.15) is 9.84 Å². The van der Waals surface area contributed by atoms with E-state index in [2.05, 4.69) is 15.2 Å². The van der Waals surface area contributed by atoms with Gasteiger partial charge >= 0.3 is 0 Å². The van der Waals surface area contributed by atoms with Gasteiger partial charge in [-0.05, 0) is 32.1 Å². The number of guanidine groups is 1. The van der Waals surface area contributed by atoms with Crippen LogP contribution in [0.2, 0.25) is 0 Å². The summed E-state index contributed by atoms with van der Waals surface area (Å²) in [6, 6.07) is 0. The number of nitrogens with one attached hydrogen (secondary N) is 1. The van der Waals surface area contributed by atoms with Crippen LogP contribution in [-0.4, -0.2) is 96.6 Å². The van der Waals surface area contributed by atoms with Gasteiger partial charge in [-0.1, -0.05) is 0 Å². The molecule has 2 rings (SSSR count). The summed E-state index contributed by atoms with van der Waals surface area (Å²) in [4.78, 5) is 6.56. The molecule has 158 valence electrons. The van der Waals surface area contributed by atoms with Crippen LogP contribution in [0.3, 0.4) is 0 Å². The number of hydrogen-bond acceptors (Lipinski definition) is 6. The molecular formula is C18H35N3O5S. The molecule has 0 saturated carbocycles. The Hall–Kier alpha value is -0.900. The molecule has 0 amide bonds. The number of hydrogen-bond donors (Lipinski definition) is 1. The first-order valence-electron chi connectivity index (χ1n) is 9.92. The van der Waals surface area contributed by atoms with Crippen LogP contribution in [-0.2, 0) is 24.0 Å². The number of likely N-dealkylation sites (tertiary alicyclic amines) is 1. The Morgan fingerprint density at radius 3 is 2.63 bits per heavy atom. The summed E-state index contributed by atoms with van der Waals surface area (Å²) < 4.78 is 39.2. The van der Waals surface area contributed by atoms with E-state index >= 15 is 0 Å². The summed E-state index contributed by atoms with van der Waals surface area (Å²) >= 11 is 0. The van der Waals surface area contributed by atoms with Crippen molar-refractivity contribution >= 4 is 15.8 Å². The monoisotopic (exact) mass is 405 g/mol. The lowest BCUT2D eigenvalue weighted by atomic mass is 10.1. The fourth-order valence-electron chi connectivity index (χ4n) is 3.30. The van der Waals surface area contributed by atoms with Gasteiger partial charge in [-0.15, -0.1) is 0 Å². The standard InChI is InChI=1S/C18H35N3O5S/c1-19-18(20-8-12-24-13-14-27(2,22)23)21-9-6-16(7-10-21)26-15-17-5-3-4-11-25-17/h16-17H,3-15H2,1-2H3,(H,19,20). The molecule has 1 N–H and O–H groups in total. The molecule has 2 saturated heterocycles. The Morgan fingerprint density at radius 1 is 1.22 bits per heavy atom. The molecule has 2 heterocycles. The Labute approximate surface area is 163 Å². The van der Waals surface area contributed by atoms with E-state index in [0.29, 0.717) is 25.9 Å². The van der Waals surface area contributed by atoms with Crippen molar-refractivity contribution in [2.75, 3.05) is 65.1 Å². The van der Waals surface area contributed by atoms with E-state index in [9.17, 15) is 8.42 Å². The summed E-state index contributed by atoms with van der Waals surface area (Å²) in [6.45, 7) is 4.68. The lowest BCUT2D eigenvalue weighted by molar-refractivity contribution is -0.0721. The highest BCUT2D eigenvalue weighted by atomic mass is 32.2. The van der Waals surface area contributed by atoms with Crippen molar-refractivity contribution in [3.8, 4) is 0 Å². The normalized spacial score (nSPS) is 22.8. The van der Waals surface area contributed by atoms with Crippen LogP contribution in [0.1, 0.15) is 32.1 Å². The molecule has 9 heteroatoms. The molecule has 0 aromatic rings. The highest BCUT2D eigenvalue weighted by Crippen LogP contribution is 2.17. The number of aliphatic imine (C=N–C) groups is 1. The Kier molecular flexibility index (Phi) is 9.81. The van der Waals surface area contributed by atoms with E-state index in [-0.39, 0.29) is 18.5 Å². The SMILES string of the molecule is CN=C(NCCOCCS(C)(=O)=O)N1CCC(OCC2CCCCO2)CC1. The molecule has 2 fully saturated rings. The molecule has 0 bridgehead atoms. The van der Waals surface area contributed by atoms with E-state index in [0.717, 1.165) is 44.9 Å². The minimum absolute atomic E-state index is 0.0567. The van der Waals surface area contributed by atoms with Crippen molar-refractivity contribution < 1.29 is 22.6 Å². The number of nitrogens with zero attached hydrogens (tertiary/aromatic N) is 2. The molecule has 8 nitrogen and oxygen atoms in total. The second kappa shape index (κ2) is 11.8. The topological polar surface area (TPSA) is 89.5 Å². The second-order valence-corrected chi connectivity index (χ2v) is 9.48. The average molecular weight is 406 g/mol. The minimum Gasteiger partial charge on any atom is -0.379 e. The molecule has 0 radical (unpaired) electrons. The van der Waals surface area contributed by atoms with Gasteiger partial charge in [-0.2, -0.15) is 0 Å². The van der Waals surface area contributed by atoms with Gasteiger partial charge < -0.3 is 24.4 Å².